The van der Waals surface area contributed by atoms with Crippen LogP contribution < -0.4 is 4.74 Å². The van der Waals surface area contributed by atoms with Crippen LogP contribution in [0.2, 0.25) is 5.02 Å². The summed E-state index contributed by atoms with van der Waals surface area (Å²) in [7, 11) is 0. The molecule has 0 atom stereocenters. The number of ether oxygens (including phenoxy) is 2. The third-order valence-electron chi connectivity index (χ3n) is 3.35. The van der Waals surface area contributed by atoms with E-state index >= 15 is 0 Å². The molecule has 5 heteroatoms. The van der Waals surface area contributed by atoms with E-state index < -0.39 is 5.97 Å². The summed E-state index contributed by atoms with van der Waals surface area (Å²) in [6.45, 7) is 2.74. The number of hydrogen-bond acceptors (Lipinski definition) is 4. The maximum absolute atomic E-state index is 12.0. The molecule has 0 unspecified atom stereocenters. The number of carbonyl (C=O) groups is 1. The molecule has 2 aromatic rings. The van der Waals surface area contributed by atoms with E-state index in [1.165, 1.54) is 0 Å². The highest BCUT2D eigenvalue weighted by Gasteiger charge is 2.24. The van der Waals surface area contributed by atoms with E-state index in [-0.39, 0.29) is 11.6 Å². The number of hydrogen-bond donors (Lipinski definition) is 0. The van der Waals surface area contributed by atoms with E-state index in [1.807, 2.05) is 24.3 Å². The lowest BCUT2D eigenvalue weighted by Gasteiger charge is -2.04. The highest BCUT2D eigenvalue weighted by atomic mass is 35.5. The summed E-state index contributed by atoms with van der Waals surface area (Å²) in [5, 5.41) is 0.561. The Bertz CT molecular complexity index is 810. The molecule has 0 N–H and O–H groups in total. The molecule has 4 nitrogen and oxygen atoms in total. The summed E-state index contributed by atoms with van der Waals surface area (Å²) in [4.78, 5) is 16.3. The van der Waals surface area contributed by atoms with Crippen molar-refractivity contribution in [1.29, 1.82) is 0 Å². The van der Waals surface area contributed by atoms with E-state index in [0.29, 0.717) is 17.2 Å². The van der Waals surface area contributed by atoms with Crippen molar-refractivity contribution in [2.45, 2.75) is 13.3 Å². The van der Waals surface area contributed by atoms with Crippen molar-refractivity contribution in [3.05, 3.63) is 70.4 Å². The van der Waals surface area contributed by atoms with E-state index in [4.69, 9.17) is 21.1 Å². The fraction of sp³-hybridized carbons (Fsp3) is 0.158. The van der Waals surface area contributed by atoms with Crippen LogP contribution in [0.4, 0.5) is 0 Å². The van der Waals surface area contributed by atoms with E-state index in [2.05, 4.69) is 11.9 Å². The lowest BCUT2D eigenvalue weighted by Crippen LogP contribution is -2.05. The minimum Gasteiger partial charge on any atom is -0.494 e. The van der Waals surface area contributed by atoms with E-state index in [9.17, 15) is 4.79 Å². The average Bonchev–Trinajstić information content (AvgIpc) is 2.95. The number of nitrogens with zero attached hydrogens (tertiary/aromatic N) is 1. The van der Waals surface area contributed by atoms with Gasteiger partial charge in [-0.05, 0) is 48.4 Å². The second kappa shape index (κ2) is 7.32. The van der Waals surface area contributed by atoms with Gasteiger partial charge in [0, 0.05) is 10.6 Å². The molecule has 122 valence electrons. The van der Waals surface area contributed by atoms with Crippen LogP contribution in [-0.2, 0) is 9.53 Å². The van der Waals surface area contributed by atoms with Crippen LogP contribution in [0.25, 0.3) is 6.08 Å². The maximum atomic E-state index is 12.0. The van der Waals surface area contributed by atoms with Crippen LogP contribution in [0.3, 0.4) is 0 Å². The summed E-state index contributed by atoms with van der Waals surface area (Å²) in [6, 6.07) is 14.5. The third kappa shape index (κ3) is 3.84. The van der Waals surface area contributed by atoms with Crippen molar-refractivity contribution < 1.29 is 14.3 Å². The Kier molecular flexibility index (Phi) is 4.96. The third-order valence-corrected chi connectivity index (χ3v) is 3.58. The molecule has 0 fully saturated rings. The van der Waals surface area contributed by atoms with Crippen LogP contribution in [0, 0.1) is 0 Å². The van der Waals surface area contributed by atoms with Gasteiger partial charge in [0.1, 0.15) is 5.75 Å². The molecule has 24 heavy (non-hydrogen) atoms. The first kappa shape index (κ1) is 16.3. The minimum absolute atomic E-state index is 0.257. The van der Waals surface area contributed by atoms with Crippen LogP contribution in [0.5, 0.6) is 5.75 Å². The number of benzene rings is 2. The predicted octanol–water partition coefficient (Wildman–Crippen LogP) is 4.47. The largest absolute Gasteiger partial charge is 0.494 e. The van der Waals surface area contributed by atoms with Crippen molar-refractivity contribution in [3.63, 3.8) is 0 Å². The Morgan fingerprint density at radius 1 is 1.21 bits per heavy atom. The van der Waals surface area contributed by atoms with Gasteiger partial charge in [-0.25, -0.2) is 9.79 Å². The summed E-state index contributed by atoms with van der Waals surface area (Å²) >= 11 is 5.95. The van der Waals surface area contributed by atoms with Gasteiger partial charge in [-0.15, -0.1) is 0 Å². The normalized spacial score (nSPS) is 15.3. The SMILES string of the molecule is CCCOc1ccc(/C=C2/N=C(c3cccc(Cl)c3)OC2=O)cc1. The zero-order chi connectivity index (χ0) is 16.9. The quantitative estimate of drug-likeness (QED) is 0.595. The zero-order valence-corrected chi connectivity index (χ0v) is 13.9. The van der Waals surface area contributed by atoms with Gasteiger partial charge in [0.25, 0.3) is 0 Å². The van der Waals surface area contributed by atoms with Crippen LogP contribution in [-0.4, -0.2) is 18.5 Å². The van der Waals surface area contributed by atoms with Gasteiger partial charge in [0.05, 0.1) is 6.61 Å². The first-order valence-electron chi connectivity index (χ1n) is 7.67. The van der Waals surface area contributed by atoms with Crippen LogP contribution >= 0.6 is 11.6 Å². The number of carbonyl (C=O) groups excluding carboxylic acids is 1. The first-order chi connectivity index (χ1) is 11.7. The average molecular weight is 342 g/mol. The Labute approximate surface area is 145 Å². The van der Waals surface area contributed by atoms with Gasteiger partial charge < -0.3 is 9.47 Å². The number of esters is 1. The molecule has 0 bridgehead atoms. The highest BCUT2D eigenvalue weighted by Crippen LogP contribution is 2.22. The molecule has 1 heterocycles. The van der Waals surface area contributed by atoms with Gasteiger partial charge in [-0.1, -0.05) is 36.7 Å². The number of cyclic esters (lactones) is 1. The topological polar surface area (TPSA) is 47.9 Å². The number of aliphatic imine (C=N–C) groups is 1. The fourth-order valence-electron chi connectivity index (χ4n) is 2.19. The molecule has 0 spiro atoms. The van der Waals surface area contributed by atoms with Crippen molar-refractivity contribution in [2.75, 3.05) is 6.61 Å². The van der Waals surface area contributed by atoms with Gasteiger partial charge in [-0.3, -0.25) is 0 Å². The molecule has 0 saturated carbocycles. The number of halogens is 1. The second-order valence-corrected chi connectivity index (χ2v) is 5.70. The maximum Gasteiger partial charge on any atom is 0.363 e. The highest BCUT2D eigenvalue weighted by molar-refractivity contribution is 6.31. The standard InChI is InChI=1S/C19H16ClNO3/c1-2-10-23-16-8-6-13(7-9-16)11-17-19(22)24-18(21-17)14-4-3-5-15(20)12-14/h3-9,11-12H,2,10H2,1H3/b17-11+. The lowest BCUT2D eigenvalue weighted by molar-refractivity contribution is -0.129. The monoisotopic (exact) mass is 341 g/mol. The van der Waals surface area contributed by atoms with E-state index in [0.717, 1.165) is 17.7 Å². The first-order valence-corrected chi connectivity index (χ1v) is 8.05. The van der Waals surface area contributed by atoms with Crippen molar-refractivity contribution in [2.24, 2.45) is 4.99 Å². The Hall–Kier alpha value is -2.59. The molecule has 1 aliphatic heterocycles. The predicted molar refractivity (Wildman–Crippen MR) is 94.3 cm³/mol. The molecule has 0 aromatic heterocycles. The summed E-state index contributed by atoms with van der Waals surface area (Å²) < 4.78 is 10.8. The molecule has 1 aliphatic rings. The summed E-state index contributed by atoms with van der Waals surface area (Å²) in [5.74, 6) is 0.587. The molecule has 0 amide bonds. The summed E-state index contributed by atoms with van der Waals surface area (Å²) in [5.41, 5.74) is 1.77. The van der Waals surface area contributed by atoms with Gasteiger partial charge in [0.15, 0.2) is 5.70 Å². The van der Waals surface area contributed by atoms with Crippen molar-refractivity contribution in [1.82, 2.24) is 0 Å². The molecule has 2 aromatic carbocycles. The summed E-state index contributed by atoms with van der Waals surface area (Å²) in [6.07, 6.45) is 2.64. The van der Waals surface area contributed by atoms with Crippen molar-refractivity contribution >= 4 is 29.5 Å². The molecule has 0 saturated heterocycles. The van der Waals surface area contributed by atoms with Gasteiger partial charge in [-0.2, -0.15) is 0 Å². The molecular weight excluding hydrogens is 326 g/mol. The molecular formula is C19H16ClNO3. The second-order valence-electron chi connectivity index (χ2n) is 5.26. The van der Waals surface area contributed by atoms with E-state index in [1.54, 1.807) is 30.3 Å². The number of rotatable bonds is 5. The molecule has 0 aliphatic carbocycles. The molecule has 3 rings (SSSR count). The fourth-order valence-corrected chi connectivity index (χ4v) is 2.38. The van der Waals surface area contributed by atoms with Gasteiger partial charge in [0.2, 0.25) is 5.90 Å². The van der Waals surface area contributed by atoms with Gasteiger partial charge >= 0.3 is 5.97 Å². The lowest BCUT2D eigenvalue weighted by atomic mass is 10.2. The smallest absolute Gasteiger partial charge is 0.363 e. The Morgan fingerprint density at radius 3 is 2.71 bits per heavy atom. The Balaban J connectivity index is 1.80. The van der Waals surface area contributed by atoms with Crippen LogP contribution in [0.1, 0.15) is 24.5 Å². The molecule has 0 radical (unpaired) electrons. The van der Waals surface area contributed by atoms with Crippen molar-refractivity contribution in [3.8, 4) is 5.75 Å². The Morgan fingerprint density at radius 2 is 2.00 bits per heavy atom. The zero-order valence-electron chi connectivity index (χ0n) is 13.2. The minimum atomic E-state index is -0.476. The van der Waals surface area contributed by atoms with Crippen LogP contribution in [0.15, 0.2) is 59.2 Å².